The van der Waals surface area contributed by atoms with E-state index in [9.17, 15) is 14.0 Å². The number of esters is 2. The zero-order valence-corrected chi connectivity index (χ0v) is 25.8. The first-order chi connectivity index (χ1) is 22.4. The molecule has 3 aromatic rings. The Labute approximate surface area is 265 Å². The van der Waals surface area contributed by atoms with E-state index in [1.165, 1.54) is 27.4 Å². The summed E-state index contributed by atoms with van der Waals surface area (Å²) in [7, 11) is 4.61. The molecule has 0 N–H and O–H groups in total. The maximum absolute atomic E-state index is 14.3. The Bertz CT molecular complexity index is 1630. The number of halogens is 1. The highest BCUT2D eigenvalue weighted by molar-refractivity contribution is 5.79. The largest absolute Gasteiger partial charge is 0.493 e. The van der Waals surface area contributed by atoms with E-state index in [1.54, 1.807) is 12.1 Å². The van der Waals surface area contributed by atoms with Crippen LogP contribution in [0.4, 0.5) is 10.1 Å². The number of methoxy groups -OCH3 is 3. The molecule has 4 atom stereocenters. The summed E-state index contributed by atoms with van der Waals surface area (Å²) >= 11 is 0. The van der Waals surface area contributed by atoms with Crippen molar-refractivity contribution in [2.75, 3.05) is 72.4 Å². The maximum Gasteiger partial charge on any atom is 0.320 e. The first-order valence-corrected chi connectivity index (χ1v) is 15.2. The minimum absolute atomic E-state index is 0.0595. The molecule has 0 saturated carbocycles. The summed E-state index contributed by atoms with van der Waals surface area (Å²) in [5, 5.41) is 0. The van der Waals surface area contributed by atoms with Crippen molar-refractivity contribution >= 4 is 17.6 Å². The number of hydrogen-bond donors (Lipinski definition) is 0. The number of fused-ring (bicyclic) bond motifs is 3. The van der Waals surface area contributed by atoms with Crippen molar-refractivity contribution < 1.29 is 47.1 Å². The fourth-order valence-electron chi connectivity index (χ4n) is 7.16. The molecule has 0 bridgehead atoms. The standard InChI is InChI=1S/C34H35FN2O9/c1-40-27-12-19(13-28(41-2)33(27)42-3)30-20-14-25-26(45-18-44-25)15-21(20)32(22-17-43-34(39)31(22)30)46-29(38)16-36-8-10-37(11-9-36)24-7-5-4-6-23(24)35/h4-7,12-15,22,30-32H,8-11,16-18H2,1-3H3/t22-,30+,31-,32-/m0/s1. The lowest BCUT2D eigenvalue weighted by molar-refractivity contribution is -0.156. The number of rotatable bonds is 8. The summed E-state index contributed by atoms with van der Waals surface area (Å²) in [5.74, 6) is -0.243. The topological polar surface area (TPSA) is 105 Å². The average molecular weight is 635 g/mol. The van der Waals surface area contributed by atoms with Gasteiger partial charge in [0.25, 0.3) is 0 Å². The van der Waals surface area contributed by atoms with Crippen LogP contribution < -0.4 is 28.6 Å². The maximum atomic E-state index is 14.3. The molecule has 11 nitrogen and oxygen atoms in total. The van der Waals surface area contributed by atoms with Crippen molar-refractivity contribution in [3.05, 3.63) is 71.0 Å². The lowest BCUT2D eigenvalue weighted by Gasteiger charge is -2.39. The molecule has 242 valence electrons. The second-order valence-corrected chi connectivity index (χ2v) is 11.7. The van der Waals surface area contributed by atoms with Crippen LogP contribution in [0.15, 0.2) is 48.5 Å². The smallest absolute Gasteiger partial charge is 0.320 e. The van der Waals surface area contributed by atoms with Gasteiger partial charge in [-0.1, -0.05) is 12.1 Å². The highest BCUT2D eigenvalue weighted by Gasteiger charge is 2.54. The van der Waals surface area contributed by atoms with E-state index in [2.05, 4.69) is 0 Å². The molecular formula is C34H35FN2O9. The zero-order valence-electron chi connectivity index (χ0n) is 25.8. The Hall–Kier alpha value is -4.71. The Kier molecular flexibility index (Phi) is 7.97. The molecule has 0 aromatic heterocycles. The van der Waals surface area contributed by atoms with Gasteiger partial charge >= 0.3 is 11.9 Å². The molecule has 0 radical (unpaired) electrons. The number of cyclic esters (lactones) is 1. The van der Waals surface area contributed by atoms with Crippen LogP contribution in [0.25, 0.3) is 0 Å². The van der Waals surface area contributed by atoms with Crippen LogP contribution in [0.5, 0.6) is 28.7 Å². The van der Waals surface area contributed by atoms with E-state index in [0.717, 1.165) is 16.7 Å². The van der Waals surface area contributed by atoms with Gasteiger partial charge in [0.2, 0.25) is 12.5 Å². The fourth-order valence-corrected chi connectivity index (χ4v) is 7.16. The van der Waals surface area contributed by atoms with Gasteiger partial charge in [-0.2, -0.15) is 0 Å². The van der Waals surface area contributed by atoms with E-state index < -0.39 is 29.8 Å². The van der Waals surface area contributed by atoms with Crippen molar-refractivity contribution in [2.45, 2.75) is 12.0 Å². The molecule has 3 aromatic carbocycles. The first kappa shape index (κ1) is 30.0. The third kappa shape index (κ3) is 5.20. The number of piperazine rings is 1. The number of carbonyl (C=O) groups is 2. The number of carbonyl (C=O) groups excluding carboxylic acids is 2. The quantitative estimate of drug-likeness (QED) is 0.337. The number of benzene rings is 3. The van der Waals surface area contributed by atoms with Crippen LogP contribution >= 0.6 is 0 Å². The van der Waals surface area contributed by atoms with Gasteiger partial charge in [-0.15, -0.1) is 0 Å². The third-order valence-electron chi connectivity index (χ3n) is 9.34. The molecule has 1 aliphatic carbocycles. The first-order valence-electron chi connectivity index (χ1n) is 15.2. The van der Waals surface area contributed by atoms with Crippen LogP contribution in [-0.2, 0) is 19.1 Å². The van der Waals surface area contributed by atoms with E-state index in [-0.39, 0.29) is 31.7 Å². The normalized spacial score (nSPS) is 23.3. The zero-order chi connectivity index (χ0) is 31.9. The molecule has 0 unspecified atom stereocenters. The summed E-state index contributed by atoms with van der Waals surface area (Å²) in [6.07, 6.45) is -0.758. The molecule has 0 spiro atoms. The van der Waals surface area contributed by atoms with Gasteiger partial charge in [0.05, 0.1) is 46.1 Å². The summed E-state index contributed by atoms with van der Waals surface area (Å²) in [5.41, 5.74) is 2.79. The van der Waals surface area contributed by atoms with Crippen LogP contribution in [0.2, 0.25) is 0 Å². The Morgan fingerprint density at radius 1 is 0.891 bits per heavy atom. The summed E-state index contributed by atoms with van der Waals surface area (Å²) in [4.78, 5) is 30.9. The van der Waals surface area contributed by atoms with Crippen LogP contribution in [-0.4, -0.2) is 84.3 Å². The predicted molar refractivity (Wildman–Crippen MR) is 162 cm³/mol. The van der Waals surface area contributed by atoms with Crippen LogP contribution in [0, 0.1) is 17.7 Å². The van der Waals surface area contributed by atoms with Gasteiger partial charge in [0.15, 0.2) is 23.0 Å². The van der Waals surface area contributed by atoms with Crippen molar-refractivity contribution in [3.8, 4) is 28.7 Å². The Balaban J connectivity index is 1.18. The third-order valence-corrected chi connectivity index (χ3v) is 9.34. The summed E-state index contributed by atoms with van der Waals surface area (Å²) in [6, 6.07) is 14.0. The van der Waals surface area contributed by atoms with Crippen molar-refractivity contribution in [1.29, 1.82) is 0 Å². The van der Waals surface area contributed by atoms with E-state index >= 15 is 0 Å². The van der Waals surface area contributed by atoms with Gasteiger partial charge in [0, 0.05) is 43.6 Å². The molecule has 2 fully saturated rings. The monoisotopic (exact) mass is 634 g/mol. The lowest BCUT2D eigenvalue weighted by Crippen LogP contribution is -2.48. The average Bonchev–Trinajstić information content (AvgIpc) is 3.70. The van der Waals surface area contributed by atoms with Crippen molar-refractivity contribution in [3.63, 3.8) is 0 Å². The van der Waals surface area contributed by atoms with Crippen molar-refractivity contribution in [2.24, 2.45) is 11.8 Å². The Morgan fingerprint density at radius 3 is 2.22 bits per heavy atom. The molecule has 2 saturated heterocycles. The van der Waals surface area contributed by atoms with Gasteiger partial charge < -0.3 is 38.1 Å². The highest BCUT2D eigenvalue weighted by Crippen LogP contribution is 2.56. The van der Waals surface area contributed by atoms with Crippen LogP contribution in [0.3, 0.4) is 0 Å². The van der Waals surface area contributed by atoms with E-state index in [4.69, 9.17) is 33.2 Å². The van der Waals surface area contributed by atoms with E-state index in [1.807, 2.05) is 40.1 Å². The second kappa shape index (κ2) is 12.2. The van der Waals surface area contributed by atoms with Gasteiger partial charge in [-0.05, 0) is 47.5 Å². The molecular weight excluding hydrogens is 599 g/mol. The molecule has 4 aliphatic rings. The van der Waals surface area contributed by atoms with E-state index in [0.29, 0.717) is 60.6 Å². The molecule has 0 amide bonds. The minimum atomic E-state index is -0.758. The number of hydrogen-bond acceptors (Lipinski definition) is 11. The second-order valence-electron chi connectivity index (χ2n) is 11.7. The molecule has 12 heteroatoms. The fraction of sp³-hybridized carbons (Fsp3) is 0.412. The van der Waals surface area contributed by atoms with Gasteiger partial charge in [0.1, 0.15) is 11.9 Å². The van der Waals surface area contributed by atoms with Crippen LogP contribution in [0.1, 0.15) is 28.7 Å². The number of nitrogens with zero attached hydrogens (tertiary/aromatic N) is 2. The molecule has 3 heterocycles. The minimum Gasteiger partial charge on any atom is -0.493 e. The lowest BCUT2D eigenvalue weighted by atomic mass is 9.66. The van der Waals surface area contributed by atoms with Gasteiger partial charge in [-0.3, -0.25) is 14.5 Å². The Morgan fingerprint density at radius 2 is 1.57 bits per heavy atom. The number of ether oxygens (including phenoxy) is 7. The summed E-state index contributed by atoms with van der Waals surface area (Å²) < 4.78 is 54.4. The van der Waals surface area contributed by atoms with Crippen molar-refractivity contribution in [1.82, 2.24) is 4.90 Å². The highest BCUT2D eigenvalue weighted by atomic mass is 19.1. The molecule has 7 rings (SSSR count). The number of anilines is 1. The number of para-hydroxylation sites is 1. The SMILES string of the molecule is COc1cc([C@@H]2c3cc4c(cc3[C@H](OC(=O)CN3CCN(c5ccccc5F)CC3)[C@H]3COC(=O)[C@H]23)OCO4)cc(OC)c1OC. The predicted octanol–water partition coefficient (Wildman–Crippen LogP) is 3.92. The van der Waals surface area contributed by atoms with Gasteiger partial charge in [-0.25, -0.2) is 4.39 Å². The summed E-state index contributed by atoms with van der Waals surface area (Å²) in [6.45, 7) is 2.51. The molecule has 46 heavy (non-hydrogen) atoms. The molecule has 3 aliphatic heterocycles.